The van der Waals surface area contributed by atoms with E-state index in [1.165, 1.54) is 0 Å². The number of hydrogen-bond acceptors (Lipinski definition) is 3. The average Bonchev–Trinajstić information content (AvgIpc) is 3.11. The zero-order chi connectivity index (χ0) is 12.5. The van der Waals surface area contributed by atoms with Crippen molar-refractivity contribution in [2.75, 3.05) is 25.9 Å². The van der Waals surface area contributed by atoms with Gasteiger partial charge in [-0.15, -0.1) is 0 Å². The van der Waals surface area contributed by atoms with Crippen LogP contribution in [-0.4, -0.2) is 44.7 Å². The number of rotatable bonds is 5. The Kier molecular flexibility index (Phi) is 4.10. The molecule has 2 fully saturated rings. The molecule has 0 aromatic rings. The number of nitrogens with one attached hydrogen (secondary N) is 1. The highest BCUT2D eigenvalue weighted by atomic mass is 32.2. The Morgan fingerprint density at radius 2 is 1.82 bits per heavy atom. The zero-order valence-corrected chi connectivity index (χ0v) is 11.7. The predicted octanol–water partition coefficient (Wildman–Crippen LogP) is 1.05. The Hall–Kier alpha value is -0.130. The number of sulfonamides is 1. The van der Waals surface area contributed by atoms with Gasteiger partial charge in [-0.2, -0.15) is 0 Å². The highest BCUT2D eigenvalue weighted by molar-refractivity contribution is 7.89. The van der Waals surface area contributed by atoms with Gasteiger partial charge in [0.1, 0.15) is 0 Å². The van der Waals surface area contributed by atoms with Crippen molar-refractivity contribution in [2.45, 2.75) is 38.6 Å². The molecule has 0 amide bonds. The smallest absolute Gasteiger partial charge is 0.214 e. The minimum absolute atomic E-state index is 0.388. The van der Waals surface area contributed by atoms with Gasteiger partial charge in [0, 0.05) is 19.1 Å². The first-order valence-corrected chi connectivity index (χ1v) is 8.29. The largest absolute Gasteiger partial charge is 0.317 e. The van der Waals surface area contributed by atoms with Crippen molar-refractivity contribution < 1.29 is 8.42 Å². The Morgan fingerprint density at radius 3 is 2.29 bits per heavy atom. The molecule has 0 bridgehead atoms. The molecular formula is C12H24N2O2S. The Morgan fingerprint density at radius 1 is 1.24 bits per heavy atom. The molecule has 1 aliphatic carbocycles. The summed E-state index contributed by atoms with van der Waals surface area (Å²) in [5.41, 5.74) is 0. The second-order valence-corrected chi connectivity index (χ2v) is 7.55. The van der Waals surface area contributed by atoms with E-state index in [1.807, 2.05) is 7.05 Å². The highest BCUT2D eigenvalue weighted by Crippen LogP contribution is 2.32. The van der Waals surface area contributed by atoms with Crippen molar-refractivity contribution in [2.24, 2.45) is 11.8 Å². The molecule has 100 valence electrons. The Balaban J connectivity index is 1.85. The van der Waals surface area contributed by atoms with Crippen LogP contribution >= 0.6 is 0 Å². The van der Waals surface area contributed by atoms with E-state index in [2.05, 4.69) is 12.2 Å². The molecule has 4 nitrogen and oxygen atoms in total. The van der Waals surface area contributed by atoms with E-state index in [0.717, 1.165) is 25.7 Å². The maximum Gasteiger partial charge on any atom is 0.214 e. The molecule has 1 unspecified atom stereocenters. The predicted molar refractivity (Wildman–Crippen MR) is 69.3 cm³/mol. The van der Waals surface area contributed by atoms with Crippen LogP contribution < -0.4 is 5.32 Å². The molecule has 1 saturated heterocycles. The molecule has 1 N–H and O–H groups in total. The van der Waals surface area contributed by atoms with Gasteiger partial charge in [-0.25, -0.2) is 12.7 Å². The fraction of sp³-hybridized carbons (Fsp3) is 1.00. The Bertz CT molecular complexity index is 344. The highest BCUT2D eigenvalue weighted by Gasteiger charge is 2.34. The lowest BCUT2D eigenvalue weighted by Crippen LogP contribution is -2.44. The van der Waals surface area contributed by atoms with E-state index in [9.17, 15) is 8.42 Å². The van der Waals surface area contributed by atoms with Gasteiger partial charge in [-0.1, -0.05) is 0 Å². The van der Waals surface area contributed by atoms with Gasteiger partial charge in [0.25, 0.3) is 0 Å². The van der Waals surface area contributed by atoms with Gasteiger partial charge in [0.2, 0.25) is 10.0 Å². The van der Waals surface area contributed by atoms with Crippen LogP contribution in [0.1, 0.15) is 32.6 Å². The first-order chi connectivity index (χ1) is 8.03. The molecule has 5 heteroatoms. The van der Waals surface area contributed by atoms with E-state index in [1.54, 1.807) is 4.31 Å². The third kappa shape index (κ3) is 3.42. The number of hydrogen-bond donors (Lipinski definition) is 1. The van der Waals surface area contributed by atoms with Gasteiger partial charge in [0.05, 0.1) is 5.75 Å². The maximum atomic E-state index is 12.1. The summed E-state index contributed by atoms with van der Waals surface area (Å²) in [5, 5.41) is 3.26. The lowest BCUT2D eigenvalue weighted by atomic mass is 9.91. The molecule has 1 saturated carbocycles. The van der Waals surface area contributed by atoms with Gasteiger partial charge in [-0.3, -0.25) is 0 Å². The van der Waals surface area contributed by atoms with Crippen molar-refractivity contribution in [1.82, 2.24) is 9.62 Å². The maximum absolute atomic E-state index is 12.1. The summed E-state index contributed by atoms with van der Waals surface area (Å²) in [5.74, 6) is 1.46. The van der Waals surface area contributed by atoms with Crippen molar-refractivity contribution in [3.8, 4) is 0 Å². The summed E-state index contributed by atoms with van der Waals surface area (Å²) in [6.45, 7) is 3.61. The molecule has 1 atom stereocenters. The fourth-order valence-corrected chi connectivity index (χ4v) is 4.48. The van der Waals surface area contributed by atoms with Crippen LogP contribution in [0.5, 0.6) is 0 Å². The van der Waals surface area contributed by atoms with Crippen LogP contribution in [0.3, 0.4) is 0 Å². The van der Waals surface area contributed by atoms with Gasteiger partial charge < -0.3 is 5.32 Å². The van der Waals surface area contributed by atoms with Gasteiger partial charge in [-0.05, 0) is 51.5 Å². The molecular weight excluding hydrogens is 236 g/mol. The SMILES string of the molecule is CNC(C)C1CCN(S(=O)(=O)CC2CC2)CC1. The average molecular weight is 260 g/mol. The van der Waals surface area contributed by atoms with Crippen LogP contribution in [0.2, 0.25) is 0 Å². The van der Waals surface area contributed by atoms with Crippen LogP contribution in [0.4, 0.5) is 0 Å². The van der Waals surface area contributed by atoms with E-state index < -0.39 is 10.0 Å². The van der Waals surface area contributed by atoms with Crippen molar-refractivity contribution in [1.29, 1.82) is 0 Å². The minimum atomic E-state index is -2.96. The van der Waals surface area contributed by atoms with Crippen LogP contribution in [-0.2, 0) is 10.0 Å². The molecule has 1 heterocycles. The second-order valence-electron chi connectivity index (χ2n) is 5.54. The van der Waals surface area contributed by atoms with Gasteiger partial charge in [0.15, 0.2) is 0 Å². The van der Waals surface area contributed by atoms with Crippen molar-refractivity contribution in [3.63, 3.8) is 0 Å². The molecule has 0 radical (unpaired) electrons. The lowest BCUT2D eigenvalue weighted by Gasteiger charge is -2.34. The van der Waals surface area contributed by atoms with Crippen LogP contribution in [0.25, 0.3) is 0 Å². The molecule has 0 aromatic carbocycles. The molecule has 0 spiro atoms. The lowest BCUT2D eigenvalue weighted by molar-refractivity contribution is 0.236. The Labute approximate surface area is 105 Å². The van der Waals surface area contributed by atoms with Crippen molar-refractivity contribution >= 4 is 10.0 Å². The molecule has 1 aliphatic heterocycles. The molecule has 2 rings (SSSR count). The molecule has 0 aromatic heterocycles. The van der Waals surface area contributed by atoms with Gasteiger partial charge >= 0.3 is 0 Å². The first kappa shape index (κ1) is 13.3. The normalized spacial score (nSPS) is 26.0. The summed E-state index contributed by atoms with van der Waals surface area (Å²) in [6, 6.07) is 0.489. The third-order valence-electron chi connectivity index (χ3n) is 4.20. The second kappa shape index (κ2) is 5.24. The van der Waals surface area contributed by atoms with E-state index in [-0.39, 0.29) is 0 Å². The number of piperidine rings is 1. The van der Waals surface area contributed by atoms with E-state index in [0.29, 0.717) is 36.7 Å². The minimum Gasteiger partial charge on any atom is -0.317 e. The quantitative estimate of drug-likeness (QED) is 0.804. The topological polar surface area (TPSA) is 49.4 Å². The van der Waals surface area contributed by atoms with Crippen LogP contribution in [0.15, 0.2) is 0 Å². The standard InChI is InChI=1S/C12H24N2O2S/c1-10(13-2)12-5-7-14(8-6-12)17(15,16)9-11-3-4-11/h10-13H,3-9H2,1-2H3. The number of nitrogens with zero attached hydrogens (tertiary/aromatic N) is 1. The summed E-state index contributed by atoms with van der Waals surface area (Å²) in [7, 11) is -0.990. The van der Waals surface area contributed by atoms with E-state index in [4.69, 9.17) is 0 Å². The summed E-state index contributed by atoms with van der Waals surface area (Å²) in [4.78, 5) is 0. The fourth-order valence-electron chi connectivity index (χ4n) is 2.58. The zero-order valence-electron chi connectivity index (χ0n) is 10.9. The van der Waals surface area contributed by atoms with Crippen LogP contribution in [0, 0.1) is 11.8 Å². The first-order valence-electron chi connectivity index (χ1n) is 6.68. The summed E-state index contributed by atoms with van der Waals surface area (Å²) >= 11 is 0. The monoisotopic (exact) mass is 260 g/mol. The van der Waals surface area contributed by atoms with Crippen molar-refractivity contribution in [3.05, 3.63) is 0 Å². The third-order valence-corrected chi connectivity index (χ3v) is 6.24. The molecule has 2 aliphatic rings. The molecule has 17 heavy (non-hydrogen) atoms. The van der Waals surface area contributed by atoms with E-state index >= 15 is 0 Å². The summed E-state index contributed by atoms with van der Waals surface area (Å²) in [6.07, 6.45) is 4.19. The summed E-state index contributed by atoms with van der Waals surface area (Å²) < 4.78 is 25.9.